The molecule has 1 fully saturated rings. The van der Waals surface area contributed by atoms with Crippen LogP contribution in [0.2, 0.25) is 0 Å². The Kier molecular flexibility index (Phi) is 9.55. The molecule has 0 unspecified atom stereocenters. The minimum atomic E-state index is -4.41. The first-order valence-electron chi connectivity index (χ1n) is 13.3. The summed E-state index contributed by atoms with van der Waals surface area (Å²) in [4.78, 5) is 26.3. The predicted octanol–water partition coefficient (Wildman–Crippen LogP) is 4.16. The Morgan fingerprint density at radius 3 is 2.19 bits per heavy atom. The summed E-state index contributed by atoms with van der Waals surface area (Å²) in [6, 6.07) is 11.3. The molecule has 1 saturated heterocycles. The molecular weight excluding hydrogens is 559 g/mol. The zero-order valence-corrected chi connectivity index (χ0v) is 23.1. The number of aliphatic carboxylic acids is 1. The molecular formula is C28H32F3N5O6. The smallest absolute Gasteiger partial charge is 0.416 e. The maximum Gasteiger partial charge on any atom is 0.416 e. The van der Waals surface area contributed by atoms with Crippen molar-refractivity contribution < 1.29 is 42.4 Å². The Labute approximate surface area is 240 Å². The highest BCUT2D eigenvalue weighted by Crippen LogP contribution is 2.29. The summed E-state index contributed by atoms with van der Waals surface area (Å²) < 4.78 is 55.5. The minimum absolute atomic E-state index is 0.0318. The number of halogens is 3. The number of aliphatic hydroxyl groups excluding tert-OH is 1. The molecule has 0 bridgehead atoms. The summed E-state index contributed by atoms with van der Waals surface area (Å²) in [5, 5.41) is 22.1. The molecule has 3 N–H and O–H groups in total. The van der Waals surface area contributed by atoms with Crippen LogP contribution >= 0.6 is 0 Å². The van der Waals surface area contributed by atoms with Gasteiger partial charge in [-0.05, 0) is 68.7 Å². The van der Waals surface area contributed by atoms with E-state index in [1.165, 1.54) is 26.0 Å². The molecule has 1 aromatic heterocycles. The Morgan fingerprint density at radius 1 is 0.952 bits per heavy atom. The number of piperidine rings is 1. The minimum Gasteiger partial charge on any atom is -0.490 e. The molecule has 0 atom stereocenters. The van der Waals surface area contributed by atoms with E-state index < -0.39 is 29.4 Å². The van der Waals surface area contributed by atoms with Crippen LogP contribution in [0, 0.1) is 0 Å². The van der Waals surface area contributed by atoms with Crippen molar-refractivity contribution in [2.45, 2.75) is 51.1 Å². The summed E-state index contributed by atoms with van der Waals surface area (Å²) in [7, 11) is 0. The van der Waals surface area contributed by atoms with Crippen LogP contribution in [-0.4, -0.2) is 69.1 Å². The van der Waals surface area contributed by atoms with Gasteiger partial charge >= 0.3 is 18.2 Å². The average Bonchev–Trinajstić information content (AvgIpc) is 2.95. The van der Waals surface area contributed by atoms with Gasteiger partial charge in [-0.3, -0.25) is 0 Å². The van der Waals surface area contributed by atoms with Crippen LogP contribution in [0.25, 0.3) is 0 Å². The van der Waals surface area contributed by atoms with E-state index in [9.17, 15) is 28.2 Å². The number of carboxylic acids is 1. The number of alkyl halides is 3. The van der Waals surface area contributed by atoms with Gasteiger partial charge in [0, 0.05) is 19.6 Å². The summed E-state index contributed by atoms with van der Waals surface area (Å²) in [5.74, 6) is 0.341. The fourth-order valence-electron chi connectivity index (χ4n) is 3.92. The van der Waals surface area contributed by atoms with Crippen LogP contribution in [0.3, 0.4) is 0 Å². The van der Waals surface area contributed by atoms with Gasteiger partial charge in [0.05, 0.1) is 11.7 Å². The number of carbonyl (C=O) groups is 1. The monoisotopic (exact) mass is 591 g/mol. The SMILES string of the molecule is CC(C)(Oc1ccc(OCCOc2nc(NCc3ccc(C(F)(F)F)cc3)nc(N3CCC(O)CC3)n2)cc1)C(=O)O. The van der Waals surface area contributed by atoms with Gasteiger partial charge in [0.15, 0.2) is 5.60 Å². The molecule has 0 amide bonds. The van der Waals surface area contributed by atoms with Crippen molar-refractivity contribution in [3.63, 3.8) is 0 Å². The molecule has 14 heteroatoms. The molecule has 0 spiro atoms. The summed E-state index contributed by atoms with van der Waals surface area (Å²) in [6.45, 7) is 4.38. The quantitative estimate of drug-likeness (QED) is 0.262. The van der Waals surface area contributed by atoms with Crippen molar-refractivity contribution in [2.75, 3.05) is 36.5 Å². The zero-order chi connectivity index (χ0) is 30.3. The lowest BCUT2D eigenvalue weighted by Gasteiger charge is -2.29. The molecule has 2 heterocycles. The highest BCUT2D eigenvalue weighted by atomic mass is 19.4. The van der Waals surface area contributed by atoms with E-state index in [1.807, 2.05) is 4.90 Å². The average molecular weight is 592 g/mol. The third kappa shape index (κ3) is 8.59. The highest BCUT2D eigenvalue weighted by Gasteiger charge is 2.30. The maximum atomic E-state index is 12.9. The highest BCUT2D eigenvalue weighted by molar-refractivity contribution is 5.76. The predicted molar refractivity (Wildman–Crippen MR) is 146 cm³/mol. The van der Waals surface area contributed by atoms with Gasteiger partial charge in [-0.25, -0.2) is 4.79 Å². The van der Waals surface area contributed by atoms with Crippen molar-refractivity contribution in [3.8, 4) is 17.5 Å². The van der Waals surface area contributed by atoms with E-state index in [0.29, 0.717) is 48.9 Å². The molecule has 2 aromatic carbocycles. The topological polar surface area (TPSA) is 139 Å². The van der Waals surface area contributed by atoms with Gasteiger partial charge in [-0.1, -0.05) is 12.1 Å². The van der Waals surface area contributed by atoms with Crippen molar-refractivity contribution in [2.24, 2.45) is 0 Å². The number of hydrogen-bond acceptors (Lipinski definition) is 10. The molecule has 226 valence electrons. The van der Waals surface area contributed by atoms with Gasteiger partial charge in [-0.2, -0.15) is 28.1 Å². The standard InChI is InChI=1S/C28H32F3N5O6/c1-27(2,23(38)39)42-22-9-7-21(8-10-22)40-15-16-41-26-34-24(33-25(35-26)36-13-11-20(37)12-14-36)32-17-18-3-5-19(6-4-18)28(29,30)31/h3-10,20,37H,11-17H2,1-2H3,(H,38,39)(H,32,33,34,35). The summed E-state index contributed by atoms with van der Waals surface area (Å²) in [5.41, 5.74) is -1.51. The van der Waals surface area contributed by atoms with E-state index in [1.54, 1.807) is 24.3 Å². The first kappa shape index (κ1) is 30.6. The number of nitrogens with one attached hydrogen (secondary N) is 1. The Balaban J connectivity index is 1.36. The third-order valence-corrected chi connectivity index (χ3v) is 6.38. The lowest BCUT2D eigenvalue weighted by Crippen LogP contribution is -2.37. The molecule has 0 aliphatic carbocycles. The molecule has 11 nitrogen and oxygen atoms in total. The summed E-state index contributed by atoms with van der Waals surface area (Å²) in [6.07, 6.45) is -3.69. The fourth-order valence-corrected chi connectivity index (χ4v) is 3.92. The van der Waals surface area contributed by atoms with Crippen molar-refractivity contribution in [3.05, 3.63) is 59.7 Å². The molecule has 1 aliphatic rings. The molecule has 42 heavy (non-hydrogen) atoms. The van der Waals surface area contributed by atoms with Gasteiger partial charge in [0.25, 0.3) is 0 Å². The number of rotatable bonds is 12. The van der Waals surface area contributed by atoms with Gasteiger partial charge in [-0.15, -0.1) is 0 Å². The first-order valence-corrected chi connectivity index (χ1v) is 13.3. The second-order valence-electron chi connectivity index (χ2n) is 10.1. The normalized spacial score (nSPS) is 14.4. The third-order valence-electron chi connectivity index (χ3n) is 6.38. The van der Waals surface area contributed by atoms with Crippen molar-refractivity contribution >= 4 is 17.9 Å². The van der Waals surface area contributed by atoms with Crippen LogP contribution < -0.4 is 24.4 Å². The maximum absolute atomic E-state index is 12.9. The van der Waals surface area contributed by atoms with Crippen molar-refractivity contribution in [1.29, 1.82) is 0 Å². The number of aliphatic hydroxyl groups is 1. The van der Waals surface area contributed by atoms with Crippen LogP contribution in [0.4, 0.5) is 25.1 Å². The summed E-state index contributed by atoms with van der Waals surface area (Å²) >= 11 is 0. The molecule has 4 rings (SSSR count). The molecule has 1 aliphatic heterocycles. The Hall–Kier alpha value is -4.33. The van der Waals surface area contributed by atoms with Crippen LogP contribution in [0.5, 0.6) is 17.5 Å². The van der Waals surface area contributed by atoms with E-state index >= 15 is 0 Å². The number of hydrogen-bond donors (Lipinski definition) is 3. The number of ether oxygens (including phenoxy) is 3. The van der Waals surface area contributed by atoms with Gasteiger partial charge < -0.3 is 34.6 Å². The van der Waals surface area contributed by atoms with E-state index in [-0.39, 0.29) is 31.7 Å². The van der Waals surface area contributed by atoms with E-state index in [0.717, 1.165) is 12.1 Å². The number of anilines is 2. The van der Waals surface area contributed by atoms with E-state index in [4.69, 9.17) is 14.2 Å². The molecule has 0 saturated carbocycles. The van der Waals surface area contributed by atoms with Gasteiger partial charge in [0.2, 0.25) is 11.9 Å². The van der Waals surface area contributed by atoms with Crippen LogP contribution in [-0.2, 0) is 17.5 Å². The molecule has 0 radical (unpaired) electrons. The molecule has 3 aromatic rings. The zero-order valence-electron chi connectivity index (χ0n) is 23.1. The number of nitrogens with zero attached hydrogens (tertiary/aromatic N) is 4. The number of benzene rings is 2. The lowest BCUT2D eigenvalue weighted by atomic mass is 10.1. The first-order chi connectivity index (χ1) is 19.9. The lowest BCUT2D eigenvalue weighted by molar-refractivity contribution is -0.152. The van der Waals surface area contributed by atoms with Crippen molar-refractivity contribution in [1.82, 2.24) is 15.0 Å². The second kappa shape index (κ2) is 13.1. The largest absolute Gasteiger partial charge is 0.490 e. The van der Waals surface area contributed by atoms with Gasteiger partial charge in [0.1, 0.15) is 24.7 Å². The Bertz CT molecular complexity index is 1330. The van der Waals surface area contributed by atoms with Crippen LogP contribution in [0.15, 0.2) is 48.5 Å². The number of carboxylic acid groups (broad SMARTS) is 1. The number of aromatic nitrogens is 3. The second-order valence-corrected chi connectivity index (χ2v) is 10.1. The van der Waals surface area contributed by atoms with Crippen LogP contribution in [0.1, 0.15) is 37.8 Å². The van der Waals surface area contributed by atoms with E-state index in [2.05, 4.69) is 20.3 Å². The fraction of sp³-hybridized carbons (Fsp3) is 0.429. The Morgan fingerprint density at radius 2 is 1.57 bits per heavy atom.